The number of halogens is 1. The van der Waals surface area contributed by atoms with Gasteiger partial charge in [0.15, 0.2) is 0 Å². The minimum atomic E-state index is 0.529. The van der Waals surface area contributed by atoms with E-state index in [0.29, 0.717) is 11.4 Å². The maximum atomic E-state index is 9.29. The molecule has 3 aromatic rings. The van der Waals surface area contributed by atoms with Crippen LogP contribution in [0.5, 0.6) is 0 Å². The van der Waals surface area contributed by atoms with Gasteiger partial charge in [-0.15, -0.1) is 11.3 Å². The van der Waals surface area contributed by atoms with Crippen LogP contribution in [0.15, 0.2) is 39.5 Å². The second-order valence-corrected chi connectivity index (χ2v) is 6.25. The number of imidazole rings is 1. The molecule has 3 rings (SSSR count). The third-order valence-electron chi connectivity index (χ3n) is 2.66. The van der Waals surface area contributed by atoms with E-state index in [1.165, 1.54) is 0 Å². The predicted octanol–water partition coefficient (Wildman–Crippen LogP) is 4.45. The molecular weight excluding hydrogens is 322 g/mol. The van der Waals surface area contributed by atoms with E-state index < -0.39 is 0 Å². The highest BCUT2D eigenvalue weighted by molar-refractivity contribution is 9.11. The lowest BCUT2D eigenvalue weighted by Gasteiger charge is -1.91. The van der Waals surface area contributed by atoms with Gasteiger partial charge in [0.25, 0.3) is 0 Å². The summed E-state index contributed by atoms with van der Waals surface area (Å²) in [7, 11) is 0. The summed E-state index contributed by atoms with van der Waals surface area (Å²) in [6, 6.07) is 11.9. The summed E-state index contributed by atoms with van der Waals surface area (Å²) in [5.74, 6) is 0.603. The monoisotopic (exact) mass is 329 g/mol. The van der Waals surface area contributed by atoms with Gasteiger partial charge in [0.1, 0.15) is 11.9 Å². The van der Waals surface area contributed by atoms with Crippen LogP contribution in [-0.2, 0) is 0 Å². The lowest BCUT2D eigenvalue weighted by molar-refractivity contribution is 1.27. The van der Waals surface area contributed by atoms with E-state index in [0.717, 1.165) is 20.4 Å². The number of rotatable bonds is 2. The third kappa shape index (κ3) is 2.46. The van der Waals surface area contributed by atoms with E-state index >= 15 is 0 Å². The molecule has 0 atom stereocenters. The molecule has 1 N–H and O–H groups in total. The standard InChI is InChI=1S/C14H8BrN3S/c15-13-6-9(8-19-13)5-10(7-16)14-17-11-3-1-2-4-12(11)18-14/h1-6,8H,(H,17,18)/b10-5-. The van der Waals surface area contributed by atoms with Crippen LogP contribution < -0.4 is 0 Å². The second-order valence-electron chi connectivity index (χ2n) is 3.96. The number of allylic oxidation sites excluding steroid dienone is 1. The molecule has 1 aromatic carbocycles. The molecule has 0 bridgehead atoms. The number of hydrogen-bond donors (Lipinski definition) is 1. The summed E-state index contributed by atoms with van der Waals surface area (Å²) in [4.78, 5) is 7.60. The Bertz CT molecular complexity index is 774. The minimum absolute atomic E-state index is 0.529. The van der Waals surface area contributed by atoms with Crippen molar-refractivity contribution >= 4 is 49.9 Å². The van der Waals surface area contributed by atoms with Gasteiger partial charge in [-0.05, 0) is 51.1 Å². The van der Waals surface area contributed by atoms with E-state index in [-0.39, 0.29) is 0 Å². The molecule has 3 nitrogen and oxygen atoms in total. The van der Waals surface area contributed by atoms with Crippen molar-refractivity contribution in [1.82, 2.24) is 9.97 Å². The fourth-order valence-electron chi connectivity index (χ4n) is 1.80. The first kappa shape index (κ1) is 12.2. The number of hydrogen-bond acceptors (Lipinski definition) is 3. The Hall–Kier alpha value is -1.90. The largest absolute Gasteiger partial charge is 0.337 e. The zero-order valence-electron chi connectivity index (χ0n) is 9.72. The fraction of sp³-hybridized carbons (Fsp3) is 0. The van der Waals surface area contributed by atoms with E-state index in [4.69, 9.17) is 0 Å². The summed E-state index contributed by atoms with van der Waals surface area (Å²) < 4.78 is 1.04. The van der Waals surface area contributed by atoms with Gasteiger partial charge < -0.3 is 4.98 Å². The number of H-pyrrole nitrogens is 1. The Morgan fingerprint density at radius 1 is 1.42 bits per heavy atom. The smallest absolute Gasteiger partial charge is 0.149 e. The molecule has 0 unspecified atom stereocenters. The van der Waals surface area contributed by atoms with Crippen molar-refractivity contribution < 1.29 is 0 Å². The number of aromatic amines is 1. The van der Waals surface area contributed by atoms with Crippen LogP contribution in [0.3, 0.4) is 0 Å². The third-order valence-corrected chi connectivity index (χ3v) is 4.19. The first-order chi connectivity index (χ1) is 9.26. The maximum absolute atomic E-state index is 9.29. The van der Waals surface area contributed by atoms with Gasteiger partial charge in [-0.1, -0.05) is 12.1 Å². The van der Waals surface area contributed by atoms with Crippen molar-refractivity contribution in [3.8, 4) is 6.07 Å². The van der Waals surface area contributed by atoms with Gasteiger partial charge in [0.2, 0.25) is 0 Å². The van der Waals surface area contributed by atoms with Gasteiger partial charge >= 0.3 is 0 Å². The van der Waals surface area contributed by atoms with Gasteiger partial charge in [0, 0.05) is 0 Å². The van der Waals surface area contributed by atoms with Crippen molar-refractivity contribution in [2.24, 2.45) is 0 Å². The number of thiophene rings is 1. The average molecular weight is 330 g/mol. The number of nitrogens with zero attached hydrogens (tertiary/aromatic N) is 2. The quantitative estimate of drug-likeness (QED) is 0.706. The molecule has 0 aliphatic carbocycles. The molecule has 0 aliphatic rings. The average Bonchev–Trinajstić information content (AvgIpc) is 3.01. The SMILES string of the molecule is N#C/C(=C/c1csc(Br)c1)c1nc2ccccc2[nH]1. The van der Waals surface area contributed by atoms with Gasteiger partial charge in [-0.3, -0.25) is 0 Å². The molecule has 92 valence electrons. The van der Waals surface area contributed by atoms with Crippen LogP contribution in [0.1, 0.15) is 11.4 Å². The molecule has 0 spiro atoms. The number of fused-ring (bicyclic) bond motifs is 1. The summed E-state index contributed by atoms with van der Waals surface area (Å²) >= 11 is 5.00. The van der Waals surface area contributed by atoms with Crippen LogP contribution in [0, 0.1) is 11.3 Å². The molecule has 19 heavy (non-hydrogen) atoms. The number of nitrogens with one attached hydrogen (secondary N) is 1. The van der Waals surface area contributed by atoms with Crippen molar-refractivity contribution in [2.75, 3.05) is 0 Å². The molecule has 0 fully saturated rings. The lowest BCUT2D eigenvalue weighted by atomic mass is 10.2. The number of nitriles is 1. The highest BCUT2D eigenvalue weighted by Crippen LogP contribution is 2.25. The zero-order valence-corrected chi connectivity index (χ0v) is 12.1. The Morgan fingerprint density at radius 3 is 2.95 bits per heavy atom. The molecule has 0 saturated carbocycles. The Balaban J connectivity index is 2.07. The van der Waals surface area contributed by atoms with Gasteiger partial charge in [0.05, 0.1) is 20.4 Å². The van der Waals surface area contributed by atoms with E-state index in [1.807, 2.05) is 41.8 Å². The van der Waals surface area contributed by atoms with E-state index in [1.54, 1.807) is 11.3 Å². The van der Waals surface area contributed by atoms with Crippen molar-refractivity contribution in [1.29, 1.82) is 5.26 Å². The molecule has 2 aromatic heterocycles. The Kier molecular flexibility index (Phi) is 3.20. The fourth-order valence-corrected chi connectivity index (χ4v) is 2.93. The highest BCUT2D eigenvalue weighted by atomic mass is 79.9. The van der Waals surface area contributed by atoms with Crippen LogP contribution in [-0.4, -0.2) is 9.97 Å². The molecule has 2 heterocycles. The van der Waals surface area contributed by atoms with Crippen LogP contribution >= 0.6 is 27.3 Å². The number of para-hydroxylation sites is 2. The topological polar surface area (TPSA) is 52.5 Å². The van der Waals surface area contributed by atoms with Crippen molar-refractivity contribution in [2.45, 2.75) is 0 Å². The minimum Gasteiger partial charge on any atom is -0.337 e. The van der Waals surface area contributed by atoms with Gasteiger partial charge in [-0.25, -0.2) is 4.98 Å². The Labute approximate surface area is 122 Å². The van der Waals surface area contributed by atoms with Crippen LogP contribution in [0.2, 0.25) is 0 Å². The molecule has 0 amide bonds. The molecule has 5 heteroatoms. The molecule has 0 radical (unpaired) electrons. The summed E-state index contributed by atoms with van der Waals surface area (Å²) in [6.45, 7) is 0. The predicted molar refractivity (Wildman–Crippen MR) is 81.6 cm³/mol. The van der Waals surface area contributed by atoms with Crippen LogP contribution in [0.4, 0.5) is 0 Å². The summed E-state index contributed by atoms with van der Waals surface area (Å²) in [5, 5.41) is 11.3. The maximum Gasteiger partial charge on any atom is 0.149 e. The zero-order chi connectivity index (χ0) is 13.2. The lowest BCUT2D eigenvalue weighted by Crippen LogP contribution is -1.83. The highest BCUT2D eigenvalue weighted by Gasteiger charge is 2.07. The Morgan fingerprint density at radius 2 is 2.26 bits per heavy atom. The normalized spacial score (nSPS) is 11.7. The van der Waals surface area contributed by atoms with Crippen molar-refractivity contribution in [3.63, 3.8) is 0 Å². The second kappa shape index (κ2) is 5.00. The molecule has 0 aliphatic heterocycles. The number of benzene rings is 1. The van der Waals surface area contributed by atoms with Crippen LogP contribution in [0.25, 0.3) is 22.7 Å². The summed E-state index contributed by atoms with van der Waals surface area (Å²) in [5.41, 5.74) is 3.32. The van der Waals surface area contributed by atoms with E-state index in [2.05, 4.69) is 32.0 Å². The van der Waals surface area contributed by atoms with E-state index in [9.17, 15) is 5.26 Å². The van der Waals surface area contributed by atoms with Gasteiger partial charge in [-0.2, -0.15) is 5.26 Å². The first-order valence-electron chi connectivity index (χ1n) is 5.57. The summed E-state index contributed by atoms with van der Waals surface area (Å²) in [6.07, 6.45) is 1.83. The molecular formula is C14H8BrN3S. The number of aromatic nitrogens is 2. The first-order valence-corrected chi connectivity index (χ1v) is 7.24. The van der Waals surface area contributed by atoms with Crippen molar-refractivity contribution in [3.05, 3.63) is 50.9 Å². The molecule has 0 saturated heterocycles.